The van der Waals surface area contributed by atoms with Crippen LogP contribution in [0.3, 0.4) is 0 Å². The van der Waals surface area contributed by atoms with Crippen LogP contribution in [-0.4, -0.2) is 57.4 Å². The lowest BCUT2D eigenvalue weighted by Gasteiger charge is -2.38. The van der Waals surface area contributed by atoms with Gasteiger partial charge in [-0.1, -0.05) is 42.5 Å². The molecule has 9 nitrogen and oxygen atoms in total. The van der Waals surface area contributed by atoms with Crippen LogP contribution in [0.5, 0.6) is 11.5 Å². The summed E-state index contributed by atoms with van der Waals surface area (Å²) < 4.78 is 39.6. The molecular formula is C30H33N3O6S. The molecule has 0 aromatic heterocycles. The fourth-order valence-electron chi connectivity index (χ4n) is 5.22. The van der Waals surface area contributed by atoms with Crippen molar-refractivity contribution in [2.75, 3.05) is 31.6 Å². The monoisotopic (exact) mass is 563 g/mol. The van der Waals surface area contributed by atoms with Crippen molar-refractivity contribution >= 4 is 27.5 Å². The number of rotatable bonds is 7. The summed E-state index contributed by atoms with van der Waals surface area (Å²) in [5.74, 6) is -0.0432. The van der Waals surface area contributed by atoms with E-state index in [-0.39, 0.29) is 29.8 Å². The third-order valence-corrected chi connectivity index (χ3v) is 9.24. The number of benzene rings is 3. The Hall–Kier alpha value is -3.89. The van der Waals surface area contributed by atoms with Gasteiger partial charge in [0.1, 0.15) is 11.5 Å². The number of carbonyl (C=O) groups excluding carboxylic acids is 2. The summed E-state index contributed by atoms with van der Waals surface area (Å²) in [7, 11) is -2.27. The van der Waals surface area contributed by atoms with Crippen molar-refractivity contribution in [1.29, 1.82) is 0 Å². The zero-order valence-electron chi connectivity index (χ0n) is 22.6. The van der Waals surface area contributed by atoms with E-state index in [0.29, 0.717) is 43.1 Å². The lowest BCUT2D eigenvalue weighted by atomic mass is 9.97. The number of nitrogens with zero attached hydrogens (tertiary/aromatic N) is 2. The van der Waals surface area contributed by atoms with Gasteiger partial charge in [0, 0.05) is 19.6 Å². The van der Waals surface area contributed by atoms with Crippen LogP contribution in [0.1, 0.15) is 24.0 Å². The molecule has 10 heteroatoms. The normalized spacial score (nSPS) is 19.3. The summed E-state index contributed by atoms with van der Waals surface area (Å²) in [6.45, 7) is 2.58. The average molecular weight is 564 g/mol. The van der Waals surface area contributed by atoms with E-state index in [9.17, 15) is 18.0 Å². The summed E-state index contributed by atoms with van der Waals surface area (Å²) in [5.41, 5.74) is 2.25. The van der Waals surface area contributed by atoms with Crippen LogP contribution in [0, 0.1) is 12.8 Å². The zero-order chi connectivity index (χ0) is 28.3. The number of nitrogens with one attached hydrogen (secondary N) is 1. The quantitative estimate of drug-likeness (QED) is 0.472. The highest BCUT2D eigenvalue weighted by Crippen LogP contribution is 2.36. The molecule has 0 saturated carbocycles. The predicted octanol–water partition coefficient (Wildman–Crippen LogP) is 3.51. The van der Waals surface area contributed by atoms with Gasteiger partial charge in [0.15, 0.2) is 6.10 Å². The number of carbonyl (C=O) groups is 2. The van der Waals surface area contributed by atoms with E-state index in [1.54, 1.807) is 49.3 Å². The first kappa shape index (κ1) is 27.7. The summed E-state index contributed by atoms with van der Waals surface area (Å²) in [6.07, 6.45) is 0.211. The minimum Gasteiger partial charge on any atom is -0.496 e. The summed E-state index contributed by atoms with van der Waals surface area (Å²) in [5, 5.41) is 2.90. The predicted molar refractivity (Wildman–Crippen MR) is 151 cm³/mol. The highest BCUT2D eigenvalue weighted by atomic mass is 32.2. The van der Waals surface area contributed by atoms with Gasteiger partial charge in [-0.2, -0.15) is 4.31 Å². The van der Waals surface area contributed by atoms with Gasteiger partial charge in [-0.25, -0.2) is 8.42 Å². The van der Waals surface area contributed by atoms with Crippen molar-refractivity contribution < 1.29 is 27.5 Å². The molecule has 210 valence electrons. The Morgan fingerprint density at radius 1 is 1.02 bits per heavy atom. The van der Waals surface area contributed by atoms with Crippen molar-refractivity contribution in [3.8, 4) is 11.5 Å². The summed E-state index contributed by atoms with van der Waals surface area (Å²) >= 11 is 0. The molecule has 2 atom stereocenters. The first-order chi connectivity index (χ1) is 19.3. The molecule has 0 unspecified atom stereocenters. The number of aryl methyl sites for hydroxylation is 1. The topological polar surface area (TPSA) is 105 Å². The molecular weight excluding hydrogens is 530 g/mol. The lowest BCUT2D eigenvalue weighted by molar-refractivity contribution is -0.129. The smallest absolute Gasteiger partial charge is 0.263 e. The Kier molecular flexibility index (Phi) is 8.09. The van der Waals surface area contributed by atoms with Gasteiger partial charge in [-0.05, 0) is 61.2 Å². The lowest BCUT2D eigenvalue weighted by Crippen LogP contribution is -2.53. The molecule has 1 N–H and O–H groups in total. The number of amides is 2. The van der Waals surface area contributed by atoms with Gasteiger partial charge < -0.3 is 19.7 Å². The number of para-hydroxylation sites is 2. The van der Waals surface area contributed by atoms with E-state index in [2.05, 4.69) is 5.32 Å². The van der Waals surface area contributed by atoms with Crippen LogP contribution in [0.25, 0.3) is 0 Å². The number of methoxy groups -OCH3 is 1. The zero-order valence-corrected chi connectivity index (χ0v) is 23.4. The highest BCUT2D eigenvalue weighted by molar-refractivity contribution is 7.89. The van der Waals surface area contributed by atoms with Gasteiger partial charge in [0.05, 0.1) is 30.2 Å². The Balaban J connectivity index is 1.33. The third-order valence-electron chi connectivity index (χ3n) is 7.38. The van der Waals surface area contributed by atoms with Gasteiger partial charge in [0.2, 0.25) is 15.9 Å². The van der Waals surface area contributed by atoms with E-state index in [1.807, 2.05) is 36.4 Å². The van der Waals surface area contributed by atoms with Crippen molar-refractivity contribution in [3.63, 3.8) is 0 Å². The average Bonchev–Trinajstić information content (AvgIpc) is 2.99. The largest absolute Gasteiger partial charge is 0.496 e. The van der Waals surface area contributed by atoms with Gasteiger partial charge >= 0.3 is 0 Å². The number of piperidine rings is 1. The Morgan fingerprint density at radius 2 is 1.77 bits per heavy atom. The standard InChI is InChI=1S/C30H33N3O6S/c1-21-17-24(14-15-26(21)38-2)40(36,37)32-16-8-11-23(19-32)30(35)33-20-28(39-27-13-7-6-12-25(27)33)29(34)31-18-22-9-4-3-5-10-22/h3-7,9-10,12-15,17,23,28H,8,11,16,18-20H2,1-2H3,(H,31,34)/t23-,28+/m1/s1. The molecule has 2 heterocycles. The number of hydrogen-bond donors (Lipinski definition) is 1. The second-order valence-electron chi connectivity index (χ2n) is 10.1. The molecule has 2 amide bonds. The Bertz CT molecular complexity index is 1490. The van der Waals surface area contributed by atoms with Crippen LogP contribution in [-0.2, 0) is 26.2 Å². The number of sulfonamides is 1. The van der Waals surface area contributed by atoms with Crippen LogP contribution in [0.2, 0.25) is 0 Å². The number of anilines is 1. The van der Waals surface area contributed by atoms with E-state index in [4.69, 9.17) is 9.47 Å². The fraction of sp³-hybridized carbons (Fsp3) is 0.333. The molecule has 0 radical (unpaired) electrons. The van der Waals surface area contributed by atoms with Crippen molar-refractivity contribution in [2.45, 2.75) is 37.3 Å². The second kappa shape index (κ2) is 11.7. The van der Waals surface area contributed by atoms with Crippen LogP contribution >= 0.6 is 0 Å². The molecule has 1 fully saturated rings. The molecule has 40 heavy (non-hydrogen) atoms. The molecule has 2 aliphatic rings. The van der Waals surface area contributed by atoms with Gasteiger partial charge in [0.25, 0.3) is 5.91 Å². The van der Waals surface area contributed by atoms with Crippen molar-refractivity contribution in [2.24, 2.45) is 5.92 Å². The molecule has 3 aromatic rings. The van der Waals surface area contributed by atoms with Crippen LogP contribution in [0.15, 0.2) is 77.7 Å². The first-order valence-corrected chi connectivity index (χ1v) is 14.8. The van der Waals surface area contributed by atoms with E-state index in [1.165, 1.54) is 10.4 Å². The molecule has 0 bridgehead atoms. The minimum atomic E-state index is -3.81. The molecule has 0 aliphatic carbocycles. The van der Waals surface area contributed by atoms with Crippen molar-refractivity contribution in [3.05, 3.63) is 83.9 Å². The number of hydrogen-bond acceptors (Lipinski definition) is 6. The van der Waals surface area contributed by atoms with E-state index >= 15 is 0 Å². The molecule has 2 aliphatic heterocycles. The first-order valence-electron chi connectivity index (χ1n) is 13.3. The number of fused-ring (bicyclic) bond motifs is 1. The van der Waals surface area contributed by atoms with Gasteiger partial charge in [-0.15, -0.1) is 0 Å². The summed E-state index contributed by atoms with van der Waals surface area (Å²) in [4.78, 5) is 28.7. The maximum absolute atomic E-state index is 13.9. The minimum absolute atomic E-state index is 0.0391. The molecule has 0 spiro atoms. The maximum atomic E-state index is 13.9. The van der Waals surface area contributed by atoms with E-state index in [0.717, 1.165) is 11.1 Å². The molecule has 5 rings (SSSR count). The fourth-order valence-corrected chi connectivity index (χ4v) is 6.83. The SMILES string of the molecule is COc1ccc(S(=O)(=O)N2CCC[C@@H](C(=O)N3C[C@@H](C(=O)NCc4ccccc4)Oc4ccccc43)C2)cc1C. The third kappa shape index (κ3) is 5.68. The highest BCUT2D eigenvalue weighted by Gasteiger charge is 2.39. The van der Waals surface area contributed by atoms with Crippen LogP contribution in [0.4, 0.5) is 5.69 Å². The second-order valence-corrected chi connectivity index (χ2v) is 12.0. The Morgan fingerprint density at radius 3 is 2.52 bits per heavy atom. The maximum Gasteiger partial charge on any atom is 0.263 e. The molecule has 3 aromatic carbocycles. The summed E-state index contributed by atoms with van der Waals surface area (Å²) in [6, 6.07) is 21.4. The Labute approximate surface area is 234 Å². The van der Waals surface area contributed by atoms with Crippen LogP contribution < -0.4 is 19.7 Å². The molecule has 1 saturated heterocycles. The van der Waals surface area contributed by atoms with Gasteiger partial charge in [-0.3, -0.25) is 9.59 Å². The van der Waals surface area contributed by atoms with E-state index < -0.39 is 22.0 Å². The number of ether oxygens (including phenoxy) is 2. The van der Waals surface area contributed by atoms with Crippen molar-refractivity contribution in [1.82, 2.24) is 9.62 Å².